The molecule has 17 heavy (non-hydrogen) atoms. The van der Waals surface area contributed by atoms with Crippen LogP contribution in [0.25, 0.3) is 0 Å². The average Bonchev–Trinajstić information content (AvgIpc) is 2.26. The summed E-state index contributed by atoms with van der Waals surface area (Å²) in [6, 6.07) is 5.48. The van der Waals surface area contributed by atoms with E-state index < -0.39 is 22.4 Å². The third-order valence-electron chi connectivity index (χ3n) is 1.81. The van der Waals surface area contributed by atoms with E-state index in [-0.39, 0.29) is 11.2 Å². The summed E-state index contributed by atoms with van der Waals surface area (Å²) in [5.74, 6) is -1.94. The lowest BCUT2D eigenvalue weighted by atomic mass is 10.2. The van der Waals surface area contributed by atoms with Gasteiger partial charge in [-0.25, -0.2) is 13.2 Å². The minimum Gasteiger partial charge on any atom is -0.384 e. The largest absolute Gasteiger partial charge is 0.384 e. The van der Waals surface area contributed by atoms with Gasteiger partial charge in [-0.1, -0.05) is 17.7 Å². The molecule has 0 N–H and O–H groups in total. The summed E-state index contributed by atoms with van der Waals surface area (Å²) in [6.45, 7) is 1.74. The molecular formula is C10H9F3O3S. The van der Waals surface area contributed by atoms with Crippen molar-refractivity contribution in [1.82, 2.24) is 0 Å². The number of rotatable bonds is 4. The molecule has 0 bridgehead atoms. The van der Waals surface area contributed by atoms with E-state index in [0.29, 0.717) is 0 Å². The number of allylic oxidation sites excluding steroid dienone is 1. The van der Waals surface area contributed by atoms with E-state index in [1.54, 1.807) is 6.92 Å². The molecule has 1 aromatic carbocycles. The monoisotopic (exact) mass is 266 g/mol. The van der Waals surface area contributed by atoms with E-state index >= 15 is 0 Å². The van der Waals surface area contributed by atoms with Crippen molar-refractivity contribution < 1.29 is 25.8 Å². The predicted molar refractivity (Wildman–Crippen MR) is 54.6 cm³/mol. The summed E-state index contributed by atoms with van der Waals surface area (Å²) in [5.41, 5.74) is 0.818. The molecule has 0 heterocycles. The molecule has 0 aliphatic carbocycles. The van der Waals surface area contributed by atoms with Crippen LogP contribution in [0.1, 0.15) is 5.56 Å². The summed E-state index contributed by atoms with van der Waals surface area (Å²) in [6.07, 6.45) is -3.51. The number of hydrogen-bond donors (Lipinski definition) is 0. The van der Waals surface area contributed by atoms with Gasteiger partial charge in [-0.2, -0.15) is 8.42 Å². The van der Waals surface area contributed by atoms with Crippen molar-refractivity contribution in [3.8, 4) is 0 Å². The maximum absolute atomic E-state index is 12.4. The van der Waals surface area contributed by atoms with Crippen LogP contribution in [0.3, 0.4) is 0 Å². The Bertz CT molecular complexity index is 506. The molecular weight excluding hydrogens is 257 g/mol. The molecule has 0 atom stereocenters. The van der Waals surface area contributed by atoms with Crippen LogP contribution in [-0.4, -0.2) is 14.8 Å². The number of halogens is 3. The van der Waals surface area contributed by atoms with E-state index in [0.717, 1.165) is 5.56 Å². The first-order chi connectivity index (χ1) is 7.83. The Morgan fingerprint density at radius 1 is 1.29 bits per heavy atom. The van der Waals surface area contributed by atoms with Crippen molar-refractivity contribution >= 4 is 10.1 Å². The van der Waals surface area contributed by atoms with Crippen LogP contribution in [0.2, 0.25) is 0 Å². The highest BCUT2D eigenvalue weighted by molar-refractivity contribution is 7.86. The van der Waals surface area contributed by atoms with E-state index in [1.807, 2.05) is 0 Å². The highest BCUT2D eigenvalue weighted by Gasteiger charge is 2.17. The molecule has 7 heteroatoms. The van der Waals surface area contributed by atoms with Gasteiger partial charge >= 0.3 is 10.1 Å². The van der Waals surface area contributed by atoms with Crippen LogP contribution in [0, 0.1) is 6.92 Å². The number of benzene rings is 1. The van der Waals surface area contributed by atoms with Gasteiger partial charge in [0.25, 0.3) is 6.43 Å². The van der Waals surface area contributed by atoms with E-state index in [2.05, 4.69) is 4.18 Å². The van der Waals surface area contributed by atoms with Crippen LogP contribution < -0.4 is 0 Å². The molecule has 0 spiro atoms. The Balaban J connectivity index is 2.90. The standard InChI is InChI=1S/C10H9F3O3S/c1-7-2-4-8(5-3-7)17(14,15)16-6-9(11)10(12)13/h2-6,10H,1H3. The lowest BCUT2D eigenvalue weighted by molar-refractivity contribution is 0.154. The minimum atomic E-state index is -4.26. The van der Waals surface area contributed by atoms with E-state index in [1.165, 1.54) is 24.3 Å². The molecule has 94 valence electrons. The first-order valence-electron chi connectivity index (χ1n) is 4.46. The zero-order chi connectivity index (χ0) is 13.1. The zero-order valence-electron chi connectivity index (χ0n) is 8.73. The fourth-order valence-corrected chi connectivity index (χ4v) is 1.72. The van der Waals surface area contributed by atoms with Gasteiger partial charge in [0.05, 0.1) is 0 Å². The van der Waals surface area contributed by atoms with Crippen LogP contribution >= 0.6 is 0 Å². The molecule has 0 amide bonds. The Hall–Kier alpha value is -1.50. The fraction of sp³-hybridized carbons (Fsp3) is 0.200. The second-order valence-corrected chi connectivity index (χ2v) is 4.74. The third kappa shape index (κ3) is 3.77. The lowest BCUT2D eigenvalue weighted by Gasteiger charge is -2.03. The fourth-order valence-electron chi connectivity index (χ4n) is 0.921. The van der Waals surface area contributed by atoms with Gasteiger partial charge < -0.3 is 4.18 Å². The van der Waals surface area contributed by atoms with E-state index in [4.69, 9.17) is 0 Å². The van der Waals surface area contributed by atoms with Gasteiger partial charge in [0, 0.05) is 0 Å². The molecule has 1 aromatic rings. The smallest absolute Gasteiger partial charge is 0.338 e. The van der Waals surface area contributed by atoms with Gasteiger partial charge in [-0.3, -0.25) is 0 Å². The van der Waals surface area contributed by atoms with Crippen LogP contribution in [-0.2, 0) is 14.3 Å². The second kappa shape index (κ2) is 5.22. The van der Waals surface area contributed by atoms with Gasteiger partial charge in [-0.15, -0.1) is 0 Å². The highest BCUT2D eigenvalue weighted by Crippen LogP contribution is 2.16. The van der Waals surface area contributed by atoms with Gasteiger partial charge in [-0.05, 0) is 19.1 Å². The zero-order valence-corrected chi connectivity index (χ0v) is 9.55. The van der Waals surface area contributed by atoms with Crippen molar-refractivity contribution in [1.29, 1.82) is 0 Å². The van der Waals surface area contributed by atoms with Crippen molar-refractivity contribution in [2.24, 2.45) is 0 Å². The second-order valence-electron chi connectivity index (χ2n) is 3.17. The molecule has 0 saturated carbocycles. The normalized spacial score (nSPS) is 12.9. The maximum Gasteiger partial charge on any atom is 0.338 e. The first kappa shape index (κ1) is 13.6. The molecule has 1 rings (SSSR count). The average molecular weight is 266 g/mol. The van der Waals surface area contributed by atoms with Crippen LogP contribution in [0.15, 0.2) is 41.2 Å². The predicted octanol–water partition coefficient (Wildman–Crippen LogP) is 2.78. The molecule has 0 aromatic heterocycles. The molecule has 0 aliphatic heterocycles. The SMILES string of the molecule is Cc1ccc(S(=O)(=O)OC=C(F)C(F)F)cc1. The Labute approximate surface area is 96.6 Å². The number of alkyl halides is 2. The van der Waals surface area contributed by atoms with Gasteiger partial charge in [0.1, 0.15) is 11.2 Å². The van der Waals surface area contributed by atoms with Crippen molar-refractivity contribution in [3.05, 3.63) is 41.9 Å². The summed E-state index contributed by atoms with van der Waals surface area (Å²) in [4.78, 5) is -0.235. The Morgan fingerprint density at radius 3 is 2.29 bits per heavy atom. The molecule has 0 unspecified atom stereocenters. The quantitative estimate of drug-likeness (QED) is 0.621. The first-order valence-corrected chi connectivity index (χ1v) is 5.87. The lowest BCUT2D eigenvalue weighted by Crippen LogP contribution is -2.03. The van der Waals surface area contributed by atoms with Crippen molar-refractivity contribution in [2.75, 3.05) is 0 Å². The van der Waals surface area contributed by atoms with Crippen LogP contribution in [0.5, 0.6) is 0 Å². The summed E-state index contributed by atoms with van der Waals surface area (Å²) < 4.78 is 62.7. The highest BCUT2D eigenvalue weighted by atomic mass is 32.2. The molecule has 0 aliphatic rings. The van der Waals surface area contributed by atoms with Crippen molar-refractivity contribution in [2.45, 2.75) is 18.2 Å². The minimum absolute atomic E-state index is 0.111. The topological polar surface area (TPSA) is 43.4 Å². The molecule has 0 fully saturated rings. The number of aryl methyl sites for hydroxylation is 1. The van der Waals surface area contributed by atoms with Crippen molar-refractivity contribution in [3.63, 3.8) is 0 Å². The summed E-state index contributed by atoms with van der Waals surface area (Å²) in [7, 11) is -4.26. The van der Waals surface area contributed by atoms with Gasteiger partial charge in [0.2, 0.25) is 5.83 Å². The number of hydrogen-bond acceptors (Lipinski definition) is 3. The third-order valence-corrected chi connectivity index (χ3v) is 3.00. The summed E-state index contributed by atoms with van der Waals surface area (Å²) >= 11 is 0. The molecule has 3 nitrogen and oxygen atoms in total. The molecule has 0 saturated heterocycles. The van der Waals surface area contributed by atoms with Gasteiger partial charge in [0.15, 0.2) is 0 Å². The Morgan fingerprint density at radius 2 is 1.82 bits per heavy atom. The van der Waals surface area contributed by atoms with Crippen LogP contribution in [0.4, 0.5) is 13.2 Å². The summed E-state index contributed by atoms with van der Waals surface area (Å²) in [5, 5.41) is 0. The van der Waals surface area contributed by atoms with E-state index in [9.17, 15) is 21.6 Å². The Kier molecular flexibility index (Phi) is 4.17. The maximum atomic E-state index is 12.4. The molecule has 0 radical (unpaired) electrons.